The lowest BCUT2D eigenvalue weighted by atomic mass is 10.2. The molecule has 0 saturated carbocycles. The van der Waals surface area contributed by atoms with Crippen LogP contribution in [0.25, 0.3) is 0 Å². The van der Waals surface area contributed by atoms with Crippen molar-refractivity contribution in [2.75, 3.05) is 10.6 Å². The number of carbonyl (C=O) groups is 1. The lowest BCUT2D eigenvalue weighted by molar-refractivity contribution is 0.102. The van der Waals surface area contributed by atoms with E-state index in [0.29, 0.717) is 16.9 Å². The third-order valence-corrected chi connectivity index (χ3v) is 3.39. The Kier molecular flexibility index (Phi) is 4.52. The van der Waals surface area contributed by atoms with Crippen LogP contribution < -0.4 is 10.6 Å². The molecule has 1 aromatic heterocycles. The minimum absolute atomic E-state index is 0.254. The van der Waals surface area contributed by atoms with Crippen LogP contribution in [-0.2, 0) is 0 Å². The maximum Gasteiger partial charge on any atom is 0.257 e. The quantitative estimate of drug-likeness (QED) is 0.742. The van der Waals surface area contributed by atoms with E-state index in [1.54, 1.807) is 24.4 Å². The summed E-state index contributed by atoms with van der Waals surface area (Å²) in [6, 6.07) is 15.3. The summed E-state index contributed by atoms with van der Waals surface area (Å²) < 4.78 is 13.2. The van der Waals surface area contributed by atoms with Gasteiger partial charge in [-0.1, -0.05) is 18.2 Å². The van der Waals surface area contributed by atoms with E-state index in [2.05, 4.69) is 15.6 Å². The Morgan fingerprint density at radius 1 is 0.958 bits per heavy atom. The number of nitrogens with zero attached hydrogens (tertiary/aromatic N) is 1. The van der Waals surface area contributed by atoms with Crippen LogP contribution in [0.15, 0.2) is 67.0 Å². The predicted octanol–water partition coefficient (Wildman–Crippen LogP) is 4.53. The molecular weight excluding hydrogens is 305 g/mol. The number of halogens is 1. The molecule has 24 heavy (non-hydrogen) atoms. The third kappa shape index (κ3) is 3.95. The number of nitrogens with one attached hydrogen (secondary N) is 2. The van der Waals surface area contributed by atoms with Gasteiger partial charge in [-0.05, 0) is 48.9 Å². The molecule has 0 aliphatic rings. The number of carbonyl (C=O) groups excluding carboxylic acids is 1. The number of pyridine rings is 1. The van der Waals surface area contributed by atoms with Crippen LogP contribution in [0, 0.1) is 12.7 Å². The molecule has 3 aromatic rings. The molecule has 3 rings (SSSR count). The lowest BCUT2D eigenvalue weighted by Gasteiger charge is -2.09. The lowest BCUT2D eigenvalue weighted by Crippen LogP contribution is -2.12. The Balaban J connectivity index is 1.76. The van der Waals surface area contributed by atoms with Crippen molar-refractivity contribution in [3.8, 4) is 0 Å². The highest BCUT2D eigenvalue weighted by atomic mass is 19.1. The summed E-state index contributed by atoms with van der Waals surface area (Å²) in [5.74, 6) is -0.586. The summed E-state index contributed by atoms with van der Waals surface area (Å²) in [6.07, 6.45) is 3.07. The van der Waals surface area contributed by atoms with Crippen LogP contribution in [0.5, 0.6) is 0 Å². The van der Waals surface area contributed by atoms with E-state index in [4.69, 9.17) is 0 Å². The highest BCUT2D eigenvalue weighted by molar-refractivity contribution is 6.04. The molecule has 5 heteroatoms. The number of hydrogen-bond acceptors (Lipinski definition) is 3. The minimum atomic E-state index is -0.332. The molecule has 0 aliphatic carbocycles. The van der Waals surface area contributed by atoms with Crippen LogP contribution in [0.4, 0.5) is 21.5 Å². The number of aromatic nitrogens is 1. The van der Waals surface area contributed by atoms with Gasteiger partial charge in [-0.3, -0.25) is 9.78 Å². The first kappa shape index (κ1) is 15.7. The molecule has 2 N–H and O–H groups in total. The van der Waals surface area contributed by atoms with Gasteiger partial charge in [0.2, 0.25) is 0 Å². The highest BCUT2D eigenvalue weighted by Gasteiger charge is 2.08. The van der Waals surface area contributed by atoms with Gasteiger partial charge in [0, 0.05) is 17.6 Å². The molecule has 0 unspecified atom stereocenters. The smallest absolute Gasteiger partial charge is 0.257 e. The van der Waals surface area contributed by atoms with Crippen molar-refractivity contribution >= 4 is 23.0 Å². The van der Waals surface area contributed by atoms with Crippen LogP contribution >= 0.6 is 0 Å². The molecule has 1 amide bonds. The topological polar surface area (TPSA) is 54.0 Å². The Hall–Kier alpha value is -3.21. The number of rotatable bonds is 4. The van der Waals surface area contributed by atoms with Crippen LogP contribution in [0.1, 0.15) is 15.9 Å². The average Bonchev–Trinajstić information content (AvgIpc) is 2.55. The number of anilines is 3. The molecule has 0 aliphatic heterocycles. The monoisotopic (exact) mass is 321 g/mol. The summed E-state index contributed by atoms with van der Waals surface area (Å²) in [7, 11) is 0. The van der Waals surface area contributed by atoms with Crippen molar-refractivity contribution in [1.29, 1.82) is 0 Å². The third-order valence-electron chi connectivity index (χ3n) is 3.39. The largest absolute Gasteiger partial charge is 0.354 e. The molecule has 0 atom stereocenters. The van der Waals surface area contributed by atoms with E-state index in [1.807, 2.05) is 31.2 Å². The second-order valence-electron chi connectivity index (χ2n) is 5.42. The minimum Gasteiger partial charge on any atom is -0.354 e. The standard InChI is InChI=1S/C19H16FN3O/c1-13-4-2-6-16(8-13)23-19(24)14-9-18(12-21-11-14)22-17-7-3-5-15(20)10-17/h2-12,22H,1H3,(H,23,24). The van der Waals surface area contributed by atoms with E-state index in [9.17, 15) is 9.18 Å². The molecule has 0 saturated heterocycles. The van der Waals surface area contributed by atoms with Gasteiger partial charge in [0.05, 0.1) is 17.4 Å². The first-order valence-corrected chi connectivity index (χ1v) is 7.46. The SMILES string of the molecule is Cc1cccc(NC(=O)c2cncc(Nc3cccc(F)c3)c2)c1. The zero-order valence-corrected chi connectivity index (χ0v) is 13.1. The zero-order valence-electron chi connectivity index (χ0n) is 13.1. The summed E-state index contributed by atoms with van der Waals surface area (Å²) in [6.45, 7) is 1.96. The van der Waals surface area contributed by atoms with Gasteiger partial charge in [0.25, 0.3) is 5.91 Å². The second kappa shape index (κ2) is 6.91. The van der Waals surface area contributed by atoms with Crippen LogP contribution in [0.2, 0.25) is 0 Å². The van der Waals surface area contributed by atoms with Gasteiger partial charge < -0.3 is 10.6 Å². The first-order valence-electron chi connectivity index (χ1n) is 7.46. The molecule has 2 aromatic carbocycles. The molecule has 0 radical (unpaired) electrons. The van der Waals surface area contributed by atoms with Gasteiger partial charge in [0.1, 0.15) is 5.82 Å². The van der Waals surface area contributed by atoms with Gasteiger partial charge in [-0.2, -0.15) is 0 Å². The normalized spacial score (nSPS) is 10.2. The Morgan fingerprint density at radius 2 is 1.75 bits per heavy atom. The maximum absolute atomic E-state index is 13.2. The Morgan fingerprint density at radius 3 is 2.54 bits per heavy atom. The van der Waals surface area contributed by atoms with Crippen molar-refractivity contribution in [3.05, 3.63) is 83.9 Å². The van der Waals surface area contributed by atoms with Gasteiger partial charge in [-0.25, -0.2) is 4.39 Å². The summed E-state index contributed by atoms with van der Waals surface area (Å²) in [4.78, 5) is 16.4. The maximum atomic E-state index is 13.2. The number of benzene rings is 2. The van der Waals surface area contributed by atoms with Crippen molar-refractivity contribution in [2.24, 2.45) is 0 Å². The fraction of sp³-hybridized carbons (Fsp3) is 0.0526. The molecule has 0 spiro atoms. The molecule has 4 nitrogen and oxygen atoms in total. The van der Waals surface area contributed by atoms with E-state index >= 15 is 0 Å². The average molecular weight is 321 g/mol. The second-order valence-corrected chi connectivity index (χ2v) is 5.42. The molecule has 120 valence electrons. The van der Waals surface area contributed by atoms with E-state index in [1.165, 1.54) is 18.3 Å². The highest BCUT2D eigenvalue weighted by Crippen LogP contribution is 2.18. The summed E-state index contributed by atoms with van der Waals surface area (Å²) in [5, 5.41) is 5.86. The van der Waals surface area contributed by atoms with E-state index < -0.39 is 0 Å². The van der Waals surface area contributed by atoms with E-state index in [0.717, 1.165) is 11.3 Å². The zero-order chi connectivity index (χ0) is 16.9. The van der Waals surface area contributed by atoms with E-state index in [-0.39, 0.29) is 11.7 Å². The number of aryl methyl sites for hydroxylation is 1. The van der Waals surface area contributed by atoms with Crippen molar-refractivity contribution in [3.63, 3.8) is 0 Å². The van der Waals surface area contributed by atoms with Crippen LogP contribution in [-0.4, -0.2) is 10.9 Å². The summed E-state index contributed by atoms with van der Waals surface area (Å²) >= 11 is 0. The summed E-state index contributed by atoms with van der Waals surface area (Å²) in [5.41, 5.74) is 3.40. The first-order chi connectivity index (χ1) is 11.6. The number of amides is 1. The fourth-order valence-corrected chi connectivity index (χ4v) is 2.29. The Labute approximate surface area is 139 Å². The molecule has 0 bridgehead atoms. The van der Waals surface area contributed by atoms with Crippen molar-refractivity contribution in [1.82, 2.24) is 4.98 Å². The van der Waals surface area contributed by atoms with Crippen molar-refractivity contribution in [2.45, 2.75) is 6.92 Å². The number of hydrogen-bond donors (Lipinski definition) is 2. The Bertz CT molecular complexity index is 880. The fourth-order valence-electron chi connectivity index (χ4n) is 2.29. The molecule has 1 heterocycles. The van der Waals surface area contributed by atoms with Gasteiger partial charge >= 0.3 is 0 Å². The van der Waals surface area contributed by atoms with Gasteiger partial charge in [0.15, 0.2) is 0 Å². The predicted molar refractivity (Wildman–Crippen MR) is 93.1 cm³/mol. The van der Waals surface area contributed by atoms with Crippen molar-refractivity contribution < 1.29 is 9.18 Å². The van der Waals surface area contributed by atoms with Gasteiger partial charge in [-0.15, -0.1) is 0 Å². The van der Waals surface area contributed by atoms with Crippen LogP contribution in [0.3, 0.4) is 0 Å². The molecular formula is C19H16FN3O. The molecule has 0 fully saturated rings.